The van der Waals surface area contributed by atoms with E-state index in [4.69, 9.17) is 10.5 Å². The van der Waals surface area contributed by atoms with Crippen molar-refractivity contribution >= 4 is 17.2 Å². The Kier molecular flexibility index (Phi) is 4.18. The van der Waals surface area contributed by atoms with Crippen molar-refractivity contribution < 1.29 is 9.53 Å². The zero-order valence-corrected chi connectivity index (χ0v) is 13.3. The van der Waals surface area contributed by atoms with Crippen LogP contribution in [0.25, 0.3) is 0 Å². The highest BCUT2D eigenvalue weighted by Gasteiger charge is 2.62. The monoisotopic (exact) mass is 297 g/mol. The van der Waals surface area contributed by atoms with E-state index in [0.29, 0.717) is 19.6 Å². The van der Waals surface area contributed by atoms with Gasteiger partial charge in [0.2, 0.25) is 5.91 Å². The number of hydrogen-bond donors (Lipinski definition) is 2. The van der Waals surface area contributed by atoms with E-state index >= 15 is 0 Å². The zero-order valence-electron chi connectivity index (χ0n) is 12.5. The summed E-state index contributed by atoms with van der Waals surface area (Å²) in [5.74, 6) is -0.119. The van der Waals surface area contributed by atoms with Crippen LogP contribution in [-0.2, 0) is 16.1 Å². The number of nitrogens with zero attached hydrogens (tertiary/aromatic N) is 1. The van der Waals surface area contributed by atoms with E-state index in [0.717, 1.165) is 10.7 Å². The number of thiazole rings is 1. The molecule has 1 aliphatic rings. The summed E-state index contributed by atoms with van der Waals surface area (Å²) in [6.07, 6.45) is 0.613. The van der Waals surface area contributed by atoms with Gasteiger partial charge in [-0.2, -0.15) is 0 Å². The number of nitrogens with two attached hydrogens (primary N) is 1. The van der Waals surface area contributed by atoms with Crippen LogP contribution in [0.1, 0.15) is 37.9 Å². The van der Waals surface area contributed by atoms with Gasteiger partial charge < -0.3 is 15.8 Å². The first-order valence-corrected chi connectivity index (χ1v) is 7.79. The summed E-state index contributed by atoms with van der Waals surface area (Å²) in [6, 6.07) is 0. The van der Waals surface area contributed by atoms with Crippen LogP contribution in [-0.4, -0.2) is 29.1 Å². The Morgan fingerprint density at radius 3 is 2.85 bits per heavy atom. The van der Waals surface area contributed by atoms with Gasteiger partial charge in [-0.3, -0.25) is 4.79 Å². The first-order valence-electron chi connectivity index (χ1n) is 6.91. The minimum Gasteiger partial charge on any atom is -0.378 e. The number of rotatable bonds is 5. The van der Waals surface area contributed by atoms with Gasteiger partial charge in [0.15, 0.2) is 0 Å². The lowest BCUT2D eigenvalue weighted by Gasteiger charge is -2.57. The smallest absolute Gasteiger partial charge is 0.241 e. The van der Waals surface area contributed by atoms with Crippen LogP contribution in [0.2, 0.25) is 0 Å². The Balaban J connectivity index is 1.95. The second-order valence-electron chi connectivity index (χ2n) is 5.91. The fourth-order valence-electron chi connectivity index (χ4n) is 2.62. The third-order valence-corrected chi connectivity index (χ3v) is 5.27. The molecule has 5 nitrogen and oxygen atoms in total. The number of carbonyl (C=O) groups excluding carboxylic acids is 1. The third-order valence-electron chi connectivity index (χ3n) is 4.30. The standard InChI is InChI=1S/C14H23N3O2S/c1-5-19-10-6-14(15,13(10,3)4)12(18)16-7-11-17-9(2)8-20-11/h8,10H,5-7,15H2,1-4H3,(H,16,18). The predicted octanol–water partition coefficient (Wildman–Crippen LogP) is 1.60. The minimum atomic E-state index is -0.862. The highest BCUT2D eigenvalue weighted by atomic mass is 32.1. The maximum Gasteiger partial charge on any atom is 0.241 e. The van der Waals surface area contributed by atoms with Crippen molar-refractivity contribution in [2.24, 2.45) is 11.1 Å². The normalized spacial score (nSPS) is 27.9. The average Bonchev–Trinajstić information content (AvgIpc) is 2.81. The summed E-state index contributed by atoms with van der Waals surface area (Å²) in [5.41, 5.74) is 6.06. The van der Waals surface area contributed by atoms with E-state index in [9.17, 15) is 4.79 Å². The summed E-state index contributed by atoms with van der Waals surface area (Å²) in [7, 11) is 0. The van der Waals surface area contributed by atoms with Crippen molar-refractivity contribution in [3.8, 4) is 0 Å². The van der Waals surface area contributed by atoms with Crippen LogP contribution in [0.3, 0.4) is 0 Å². The molecule has 2 atom stereocenters. The molecule has 0 aliphatic heterocycles. The molecule has 1 fully saturated rings. The maximum atomic E-state index is 12.4. The van der Waals surface area contributed by atoms with Crippen LogP contribution >= 0.6 is 11.3 Å². The molecule has 1 aromatic heterocycles. The largest absolute Gasteiger partial charge is 0.378 e. The SMILES string of the molecule is CCOC1CC(N)(C(=O)NCc2nc(C)cs2)C1(C)C. The van der Waals surface area contributed by atoms with E-state index in [1.165, 1.54) is 0 Å². The van der Waals surface area contributed by atoms with E-state index in [-0.39, 0.29) is 17.4 Å². The van der Waals surface area contributed by atoms with Crippen LogP contribution in [0.5, 0.6) is 0 Å². The van der Waals surface area contributed by atoms with Gasteiger partial charge >= 0.3 is 0 Å². The van der Waals surface area contributed by atoms with Crippen LogP contribution in [0.15, 0.2) is 5.38 Å². The molecule has 1 heterocycles. The topological polar surface area (TPSA) is 77.2 Å². The number of aryl methyl sites for hydroxylation is 1. The molecule has 0 radical (unpaired) electrons. The van der Waals surface area contributed by atoms with Gasteiger partial charge in [0.05, 0.1) is 12.6 Å². The Morgan fingerprint density at radius 2 is 2.35 bits per heavy atom. The summed E-state index contributed by atoms with van der Waals surface area (Å²) in [6.45, 7) is 8.95. The molecule has 112 valence electrons. The quantitative estimate of drug-likeness (QED) is 0.865. The number of amides is 1. The Bertz CT molecular complexity index is 500. The number of aromatic nitrogens is 1. The van der Waals surface area contributed by atoms with Crippen LogP contribution < -0.4 is 11.1 Å². The Hall–Kier alpha value is -0.980. The zero-order chi connectivity index (χ0) is 15.0. The molecule has 3 N–H and O–H groups in total. The summed E-state index contributed by atoms with van der Waals surface area (Å²) >= 11 is 1.55. The van der Waals surface area contributed by atoms with Crippen molar-refractivity contribution in [3.05, 3.63) is 16.1 Å². The number of ether oxygens (including phenoxy) is 1. The Morgan fingerprint density at radius 1 is 1.65 bits per heavy atom. The van der Waals surface area contributed by atoms with Gasteiger partial charge in [0.25, 0.3) is 0 Å². The molecule has 2 unspecified atom stereocenters. The van der Waals surface area contributed by atoms with Gasteiger partial charge in [0.1, 0.15) is 10.5 Å². The molecule has 1 amide bonds. The van der Waals surface area contributed by atoms with Gasteiger partial charge in [-0.05, 0) is 13.8 Å². The lowest BCUT2D eigenvalue weighted by Crippen LogP contribution is -2.75. The summed E-state index contributed by atoms with van der Waals surface area (Å²) in [5, 5.41) is 5.77. The Labute approximate surface area is 123 Å². The van der Waals surface area contributed by atoms with E-state index in [1.807, 2.05) is 33.1 Å². The first-order chi connectivity index (χ1) is 9.31. The second-order valence-corrected chi connectivity index (χ2v) is 6.85. The van der Waals surface area contributed by atoms with Crippen molar-refractivity contribution in [1.82, 2.24) is 10.3 Å². The molecular weight excluding hydrogens is 274 g/mol. The molecule has 20 heavy (non-hydrogen) atoms. The molecular formula is C14H23N3O2S. The van der Waals surface area contributed by atoms with Crippen LogP contribution in [0.4, 0.5) is 0 Å². The molecule has 1 aliphatic carbocycles. The molecule has 1 aromatic rings. The van der Waals surface area contributed by atoms with Crippen molar-refractivity contribution in [3.63, 3.8) is 0 Å². The highest BCUT2D eigenvalue weighted by molar-refractivity contribution is 7.09. The lowest BCUT2D eigenvalue weighted by molar-refractivity contribution is -0.170. The number of hydrogen-bond acceptors (Lipinski definition) is 5. The van der Waals surface area contributed by atoms with E-state index < -0.39 is 5.54 Å². The molecule has 0 spiro atoms. The van der Waals surface area contributed by atoms with Gasteiger partial charge in [0, 0.05) is 29.5 Å². The fraction of sp³-hybridized carbons (Fsp3) is 0.714. The molecule has 1 saturated carbocycles. The highest BCUT2D eigenvalue weighted by Crippen LogP contribution is 2.49. The van der Waals surface area contributed by atoms with Gasteiger partial charge in [-0.1, -0.05) is 13.8 Å². The van der Waals surface area contributed by atoms with Crippen molar-refractivity contribution in [2.75, 3.05) is 6.61 Å². The first kappa shape index (κ1) is 15.4. The van der Waals surface area contributed by atoms with Crippen molar-refractivity contribution in [2.45, 2.75) is 52.3 Å². The number of nitrogens with one attached hydrogen (secondary N) is 1. The third kappa shape index (κ3) is 2.47. The molecule has 6 heteroatoms. The number of carbonyl (C=O) groups is 1. The minimum absolute atomic E-state index is 0.0466. The van der Waals surface area contributed by atoms with Crippen molar-refractivity contribution in [1.29, 1.82) is 0 Å². The van der Waals surface area contributed by atoms with Gasteiger partial charge in [-0.25, -0.2) is 4.98 Å². The van der Waals surface area contributed by atoms with Gasteiger partial charge in [-0.15, -0.1) is 11.3 Å². The lowest BCUT2D eigenvalue weighted by atomic mass is 9.54. The summed E-state index contributed by atoms with van der Waals surface area (Å²) < 4.78 is 5.63. The predicted molar refractivity (Wildman–Crippen MR) is 79.4 cm³/mol. The molecule has 0 saturated heterocycles. The average molecular weight is 297 g/mol. The second kappa shape index (κ2) is 5.42. The molecule has 2 rings (SSSR count). The summed E-state index contributed by atoms with van der Waals surface area (Å²) in [4.78, 5) is 16.7. The van der Waals surface area contributed by atoms with E-state index in [1.54, 1.807) is 11.3 Å². The molecule has 0 bridgehead atoms. The fourth-order valence-corrected chi connectivity index (χ4v) is 3.33. The molecule has 0 aromatic carbocycles. The van der Waals surface area contributed by atoms with Crippen LogP contribution in [0, 0.1) is 12.3 Å². The maximum absolute atomic E-state index is 12.4. The van der Waals surface area contributed by atoms with E-state index in [2.05, 4.69) is 10.3 Å².